The van der Waals surface area contributed by atoms with E-state index in [0.717, 1.165) is 67.7 Å². The number of carbonyl (C=O) groups is 15. The van der Waals surface area contributed by atoms with Crippen molar-refractivity contribution in [3.05, 3.63) is 12.2 Å². The highest BCUT2D eigenvalue weighted by atomic mass is 16.4. The fraction of sp³-hybridized carbons (Fsp3) is 0.691. The molecular formula is C55H86N12O19. The van der Waals surface area contributed by atoms with E-state index in [-0.39, 0.29) is 32.4 Å². The molecule has 86 heavy (non-hydrogen) atoms. The zero-order chi connectivity index (χ0) is 64.2. The van der Waals surface area contributed by atoms with Gasteiger partial charge in [0.1, 0.15) is 48.3 Å². The summed E-state index contributed by atoms with van der Waals surface area (Å²) in [7, 11) is 0. The highest BCUT2D eigenvalue weighted by Gasteiger charge is 2.42. The van der Waals surface area contributed by atoms with E-state index >= 15 is 0 Å². The molecule has 0 bridgehead atoms. The van der Waals surface area contributed by atoms with Crippen LogP contribution in [0.15, 0.2) is 12.2 Å². The Balaban J connectivity index is 2.01. The molecule has 3 rings (SSSR count). The molecule has 31 nitrogen and oxygen atoms in total. The summed E-state index contributed by atoms with van der Waals surface area (Å²) in [6.07, 6.45) is 6.72. The molecule has 0 aromatic heterocycles. The van der Waals surface area contributed by atoms with Crippen molar-refractivity contribution in [1.82, 2.24) is 63.0 Å². The minimum absolute atomic E-state index is 0.0199. The highest BCUT2D eigenvalue weighted by molar-refractivity contribution is 6.00. The van der Waals surface area contributed by atoms with Crippen LogP contribution in [0, 0.1) is 11.8 Å². The number of allylic oxidation sites excluding steroid dienone is 1. The van der Waals surface area contributed by atoms with Gasteiger partial charge in [0.15, 0.2) is 0 Å². The molecule has 0 saturated carbocycles. The van der Waals surface area contributed by atoms with Crippen LogP contribution in [0.5, 0.6) is 0 Å². The second-order valence-corrected chi connectivity index (χ2v) is 22.3. The zero-order valence-electron chi connectivity index (χ0n) is 49.4. The first-order valence-corrected chi connectivity index (χ1v) is 29.1. The first kappa shape index (κ1) is 72.0. The summed E-state index contributed by atoms with van der Waals surface area (Å²) in [6.45, 7) is 4.80. The lowest BCUT2D eigenvalue weighted by Gasteiger charge is -2.37. The summed E-state index contributed by atoms with van der Waals surface area (Å²) >= 11 is 0. The number of hydrogen-bond acceptors (Lipinski definition) is 16. The van der Waals surface area contributed by atoms with Gasteiger partial charge in [0.25, 0.3) is 0 Å². The average molecular weight is 1220 g/mol. The van der Waals surface area contributed by atoms with E-state index in [1.54, 1.807) is 19.9 Å². The Morgan fingerprint density at radius 2 is 1.07 bits per heavy atom. The molecule has 0 aromatic carbocycles. The van der Waals surface area contributed by atoms with Crippen molar-refractivity contribution in [3.8, 4) is 0 Å². The van der Waals surface area contributed by atoms with E-state index in [1.165, 1.54) is 0 Å². The SMILES string of the molecule is CC(C)CCCCCCCCC=CC(=O)NC(CC(=O)O)C(=O)NC1CNC(=O)C2CCCN2C(=O)C(C(C)C)NC(=O)C(C(C)O)NC(=O)CNC(=O)C(CC(=O)O)NC(=O)CNC(=O)C(CC(=O)O)NC(=O)CNC(=O)C2CCCCN2C1=O. The van der Waals surface area contributed by atoms with Gasteiger partial charge in [-0.15, -0.1) is 0 Å². The molecule has 3 saturated heterocycles. The maximum absolute atomic E-state index is 14.8. The van der Waals surface area contributed by atoms with Crippen molar-refractivity contribution >= 4 is 88.8 Å². The van der Waals surface area contributed by atoms with Crippen LogP contribution in [-0.2, 0) is 71.9 Å². The topological polar surface area (TPSA) is 464 Å². The molecule has 12 amide bonds. The number of unbranched alkanes of at least 4 members (excludes halogenated alkanes) is 6. The van der Waals surface area contributed by atoms with Gasteiger partial charge >= 0.3 is 17.9 Å². The molecule has 0 radical (unpaired) electrons. The van der Waals surface area contributed by atoms with E-state index in [9.17, 15) is 92.3 Å². The number of aliphatic carboxylic acids is 3. The minimum atomic E-state index is -1.90. The lowest BCUT2D eigenvalue weighted by atomic mass is 9.99. The van der Waals surface area contributed by atoms with Gasteiger partial charge in [-0.1, -0.05) is 72.3 Å². The minimum Gasteiger partial charge on any atom is -0.481 e. The van der Waals surface area contributed by atoms with Crippen LogP contribution < -0.4 is 53.2 Å². The summed E-state index contributed by atoms with van der Waals surface area (Å²) in [5.41, 5.74) is 0. The van der Waals surface area contributed by atoms with Crippen molar-refractivity contribution in [3.63, 3.8) is 0 Å². The molecule has 14 N–H and O–H groups in total. The maximum Gasteiger partial charge on any atom is 0.305 e. The van der Waals surface area contributed by atoms with Gasteiger partial charge in [-0.2, -0.15) is 0 Å². The number of fused-ring (bicyclic) bond motifs is 2. The normalized spacial score (nSPS) is 24.0. The number of piperidine rings is 1. The molecular weight excluding hydrogens is 1130 g/mol. The third-order valence-corrected chi connectivity index (χ3v) is 14.3. The van der Waals surface area contributed by atoms with Crippen LogP contribution in [0.4, 0.5) is 0 Å². The number of carbonyl (C=O) groups excluding carboxylic acids is 12. The predicted octanol–water partition coefficient (Wildman–Crippen LogP) is -3.46. The number of hydrogen-bond donors (Lipinski definition) is 14. The Labute approximate surface area is 497 Å². The number of nitrogens with zero attached hydrogens (tertiary/aromatic N) is 2. The van der Waals surface area contributed by atoms with Gasteiger partial charge in [0.05, 0.1) is 45.0 Å². The highest BCUT2D eigenvalue weighted by Crippen LogP contribution is 2.22. The largest absolute Gasteiger partial charge is 0.481 e. The Morgan fingerprint density at radius 1 is 0.570 bits per heavy atom. The number of carboxylic acids is 3. The van der Waals surface area contributed by atoms with Crippen molar-refractivity contribution in [2.75, 3.05) is 39.3 Å². The van der Waals surface area contributed by atoms with E-state index < -0.39 is 195 Å². The van der Waals surface area contributed by atoms with Crippen molar-refractivity contribution in [2.45, 2.75) is 192 Å². The number of rotatable bonds is 21. The van der Waals surface area contributed by atoms with Crippen LogP contribution in [0.2, 0.25) is 0 Å². The van der Waals surface area contributed by atoms with Crippen molar-refractivity contribution < 1.29 is 92.3 Å². The number of nitrogens with one attached hydrogen (secondary N) is 10. The standard InChI is InChI=1S/C55H86N12O19/c1-30(2)17-12-10-8-6-7-9-11-13-20-39(69)60-35(25-45(77)78)50(81)63-36-26-56-51(82)38-19-16-22-67(38)55(86)46(31(3)4)65-53(84)47(32(5)68)64-42(72)29-58-49(80)34(24-44(75)76)61-40(70)27-57-48(79)33(23-43(73)74)62-41(71)28-59-52(83)37-18-14-15-21-66(37)54(36)85/h13,20,30-38,46-47,68H,6-12,14-19,21-29H2,1-5H3,(H,56,82)(H,57,79)(H,58,80)(H,59,83)(H,60,69)(H,61,70)(H,62,71)(H,63,81)(H,64,72)(H,65,84)(H,73,74)(H,75,76)(H,77,78). The lowest BCUT2D eigenvalue weighted by Crippen LogP contribution is -2.63. The maximum atomic E-state index is 14.8. The summed E-state index contributed by atoms with van der Waals surface area (Å²) in [5, 5.41) is 62.2. The molecule has 3 aliphatic rings. The quantitative estimate of drug-likeness (QED) is 0.0392. The Bertz CT molecular complexity index is 2490. The summed E-state index contributed by atoms with van der Waals surface area (Å²) in [6, 6.07) is -13.2. The fourth-order valence-corrected chi connectivity index (χ4v) is 9.77. The lowest BCUT2D eigenvalue weighted by molar-refractivity contribution is -0.146. The van der Waals surface area contributed by atoms with E-state index in [0.29, 0.717) is 25.2 Å². The van der Waals surface area contributed by atoms with Crippen LogP contribution in [0.3, 0.4) is 0 Å². The molecule has 3 fully saturated rings. The third kappa shape index (κ3) is 25.1. The van der Waals surface area contributed by atoms with Gasteiger partial charge in [-0.3, -0.25) is 71.9 Å². The summed E-state index contributed by atoms with van der Waals surface area (Å²) < 4.78 is 0. The molecule has 9 atom stereocenters. The van der Waals surface area contributed by atoms with E-state index in [2.05, 4.69) is 61.7 Å². The molecule has 0 spiro atoms. The Hall–Kier alpha value is -8.25. The molecule has 0 aliphatic carbocycles. The molecule has 0 aromatic rings. The molecule has 480 valence electrons. The third-order valence-electron chi connectivity index (χ3n) is 14.3. The number of aliphatic hydroxyl groups excluding tert-OH is 1. The monoisotopic (exact) mass is 1220 g/mol. The van der Waals surface area contributed by atoms with Gasteiger partial charge in [0, 0.05) is 19.6 Å². The number of carboxylic acid groups (broad SMARTS) is 3. The summed E-state index contributed by atoms with van der Waals surface area (Å²) in [4.78, 5) is 202. The van der Waals surface area contributed by atoms with Crippen LogP contribution in [0.1, 0.15) is 137 Å². The van der Waals surface area contributed by atoms with Gasteiger partial charge in [0.2, 0.25) is 70.9 Å². The Kier molecular flexibility index (Phi) is 30.6. The van der Waals surface area contributed by atoms with Crippen LogP contribution >= 0.6 is 0 Å². The number of amides is 12. The fourth-order valence-electron chi connectivity index (χ4n) is 9.77. The Morgan fingerprint density at radius 3 is 1.60 bits per heavy atom. The first-order valence-electron chi connectivity index (χ1n) is 29.1. The van der Waals surface area contributed by atoms with E-state index in [1.807, 2.05) is 5.32 Å². The van der Waals surface area contributed by atoms with Crippen molar-refractivity contribution in [1.29, 1.82) is 0 Å². The van der Waals surface area contributed by atoms with Gasteiger partial charge < -0.3 is 83.4 Å². The second kappa shape index (κ2) is 36.6. The predicted molar refractivity (Wildman–Crippen MR) is 302 cm³/mol. The van der Waals surface area contributed by atoms with Crippen LogP contribution in [0.25, 0.3) is 0 Å². The summed E-state index contributed by atoms with van der Waals surface area (Å²) in [5.74, 6) is -17.4. The number of aliphatic hydroxyl groups is 1. The smallest absolute Gasteiger partial charge is 0.305 e. The first-order chi connectivity index (χ1) is 40.6. The zero-order valence-corrected chi connectivity index (χ0v) is 49.4. The molecule has 3 heterocycles. The van der Waals surface area contributed by atoms with Crippen LogP contribution in [-0.4, -0.2) is 213 Å². The molecule has 9 unspecified atom stereocenters. The van der Waals surface area contributed by atoms with E-state index in [4.69, 9.17) is 0 Å². The molecule has 31 heteroatoms. The second-order valence-electron chi connectivity index (χ2n) is 22.3. The average Bonchev–Trinajstić information content (AvgIpc) is 1.96. The van der Waals surface area contributed by atoms with Gasteiger partial charge in [-0.25, -0.2) is 0 Å². The van der Waals surface area contributed by atoms with Crippen molar-refractivity contribution in [2.24, 2.45) is 11.8 Å². The molecule has 3 aliphatic heterocycles. The van der Waals surface area contributed by atoms with Gasteiger partial charge in [-0.05, 0) is 69.8 Å².